The van der Waals surface area contributed by atoms with Crippen molar-refractivity contribution in [2.75, 3.05) is 47.5 Å². The summed E-state index contributed by atoms with van der Waals surface area (Å²) in [5.74, 6) is -3.69. The molecular formula is C40H78F2NO8P. The predicted octanol–water partition coefficient (Wildman–Crippen LogP) is 10.9. The van der Waals surface area contributed by atoms with Crippen molar-refractivity contribution in [3.05, 3.63) is 0 Å². The molecule has 310 valence electrons. The summed E-state index contributed by atoms with van der Waals surface area (Å²) in [6.45, 7) is 3.84. The number of carbonyl (C=O) groups excluding carboxylic acids is 2. The smallest absolute Gasteiger partial charge is 0.306 e. The SMILES string of the molecule is CCCCCCCCCCCCCCCC(=O)OC[C@H](COP(=O)([O-])OCC[N+](C)(C)C)OC(=O)CCCCCCC(F)(F)CCCCCCCC. The fourth-order valence-electron chi connectivity index (χ4n) is 5.84. The highest BCUT2D eigenvalue weighted by Gasteiger charge is 2.27. The van der Waals surface area contributed by atoms with Crippen molar-refractivity contribution in [1.29, 1.82) is 0 Å². The van der Waals surface area contributed by atoms with Crippen LogP contribution < -0.4 is 4.89 Å². The van der Waals surface area contributed by atoms with Gasteiger partial charge in [0.15, 0.2) is 6.10 Å². The van der Waals surface area contributed by atoms with Gasteiger partial charge in [0, 0.05) is 25.7 Å². The maximum Gasteiger partial charge on any atom is 0.306 e. The highest BCUT2D eigenvalue weighted by molar-refractivity contribution is 7.45. The lowest BCUT2D eigenvalue weighted by atomic mass is 10.0. The van der Waals surface area contributed by atoms with Gasteiger partial charge < -0.3 is 27.9 Å². The van der Waals surface area contributed by atoms with Crippen molar-refractivity contribution in [1.82, 2.24) is 0 Å². The summed E-state index contributed by atoms with van der Waals surface area (Å²) in [4.78, 5) is 37.3. The first kappa shape index (κ1) is 50.9. The summed E-state index contributed by atoms with van der Waals surface area (Å²) in [6, 6.07) is 0. The average molecular weight is 770 g/mol. The minimum atomic E-state index is -4.68. The molecule has 0 aromatic rings. The van der Waals surface area contributed by atoms with Gasteiger partial charge >= 0.3 is 11.9 Å². The Balaban J connectivity index is 4.51. The van der Waals surface area contributed by atoms with Crippen molar-refractivity contribution in [3.63, 3.8) is 0 Å². The number of halogens is 2. The van der Waals surface area contributed by atoms with Gasteiger partial charge in [-0.25, -0.2) is 8.78 Å². The number of phosphoric acid groups is 1. The number of quaternary nitrogens is 1. The van der Waals surface area contributed by atoms with Crippen LogP contribution in [0.5, 0.6) is 0 Å². The molecule has 52 heavy (non-hydrogen) atoms. The second-order valence-electron chi connectivity index (χ2n) is 15.7. The third-order valence-corrected chi connectivity index (χ3v) is 10.2. The molecule has 9 nitrogen and oxygen atoms in total. The maximum atomic E-state index is 14.2. The van der Waals surface area contributed by atoms with Crippen LogP contribution in [-0.4, -0.2) is 76.0 Å². The van der Waals surface area contributed by atoms with Crippen molar-refractivity contribution < 1.29 is 50.8 Å². The van der Waals surface area contributed by atoms with E-state index in [0.29, 0.717) is 49.6 Å². The van der Waals surface area contributed by atoms with Gasteiger partial charge in [0.1, 0.15) is 19.8 Å². The lowest BCUT2D eigenvalue weighted by Crippen LogP contribution is -2.37. The Morgan fingerprint density at radius 2 is 1.02 bits per heavy atom. The van der Waals surface area contributed by atoms with E-state index in [9.17, 15) is 27.8 Å². The summed E-state index contributed by atoms with van der Waals surface area (Å²) >= 11 is 0. The van der Waals surface area contributed by atoms with Crippen LogP contribution in [0.2, 0.25) is 0 Å². The Hall–Kier alpha value is -1.13. The van der Waals surface area contributed by atoms with Gasteiger partial charge in [-0.05, 0) is 25.7 Å². The van der Waals surface area contributed by atoms with E-state index in [4.69, 9.17) is 18.5 Å². The van der Waals surface area contributed by atoms with Crippen molar-refractivity contribution in [2.45, 2.75) is 199 Å². The molecule has 0 aliphatic heterocycles. The monoisotopic (exact) mass is 770 g/mol. The molecule has 0 aliphatic carbocycles. The zero-order chi connectivity index (χ0) is 39.0. The van der Waals surface area contributed by atoms with Gasteiger partial charge in [0.2, 0.25) is 5.92 Å². The van der Waals surface area contributed by atoms with Crippen molar-refractivity contribution >= 4 is 19.8 Å². The number of ether oxygens (including phenoxy) is 2. The highest BCUT2D eigenvalue weighted by atomic mass is 31.2. The molecule has 0 amide bonds. The second kappa shape index (κ2) is 32.1. The van der Waals surface area contributed by atoms with Crippen LogP contribution in [0.3, 0.4) is 0 Å². The fraction of sp³-hybridized carbons (Fsp3) is 0.950. The first-order valence-corrected chi connectivity index (χ1v) is 22.3. The molecule has 0 N–H and O–H groups in total. The van der Waals surface area contributed by atoms with E-state index < -0.39 is 38.4 Å². The van der Waals surface area contributed by atoms with Crippen LogP contribution in [0.4, 0.5) is 8.78 Å². The summed E-state index contributed by atoms with van der Waals surface area (Å²) < 4.78 is 62.0. The number of likely N-dealkylation sites (N-methyl/N-ethyl adjacent to an activating group) is 1. The van der Waals surface area contributed by atoms with Crippen molar-refractivity contribution in [2.24, 2.45) is 0 Å². The molecule has 1 unspecified atom stereocenters. The minimum Gasteiger partial charge on any atom is -0.756 e. The lowest BCUT2D eigenvalue weighted by molar-refractivity contribution is -0.870. The molecule has 12 heteroatoms. The lowest BCUT2D eigenvalue weighted by Gasteiger charge is -2.28. The number of rotatable bonds is 38. The largest absolute Gasteiger partial charge is 0.756 e. The van der Waals surface area contributed by atoms with E-state index >= 15 is 0 Å². The number of esters is 2. The second-order valence-corrected chi connectivity index (χ2v) is 17.1. The first-order chi connectivity index (χ1) is 24.7. The van der Waals surface area contributed by atoms with Gasteiger partial charge in [-0.2, -0.15) is 0 Å². The van der Waals surface area contributed by atoms with Crippen LogP contribution >= 0.6 is 7.82 Å². The van der Waals surface area contributed by atoms with E-state index in [1.807, 2.05) is 21.1 Å². The fourth-order valence-corrected chi connectivity index (χ4v) is 6.57. The summed E-state index contributed by atoms with van der Waals surface area (Å²) in [6.07, 6.45) is 22.3. The Kier molecular flexibility index (Phi) is 31.4. The van der Waals surface area contributed by atoms with Gasteiger partial charge in [-0.15, -0.1) is 0 Å². The Labute approximate surface area is 316 Å². The van der Waals surface area contributed by atoms with Gasteiger partial charge in [0.25, 0.3) is 7.82 Å². The van der Waals surface area contributed by atoms with Crippen LogP contribution in [0.1, 0.15) is 187 Å². The number of nitrogens with zero attached hydrogens (tertiary/aromatic N) is 1. The molecule has 0 aromatic carbocycles. The normalized spacial score (nSPS) is 13.9. The van der Waals surface area contributed by atoms with Crippen LogP contribution in [0.25, 0.3) is 0 Å². The Morgan fingerprint density at radius 3 is 1.46 bits per heavy atom. The summed E-state index contributed by atoms with van der Waals surface area (Å²) in [5.41, 5.74) is 0. The number of alkyl halides is 2. The van der Waals surface area contributed by atoms with E-state index in [1.54, 1.807) is 0 Å². The molecular weight excluding hydrogens is 691 g/mol. The molecule has 2 atom stereocenters. The Morgan fingerprint density at radius 1 is 0.615 bits per heavy atom. The zero-order valence-corrected chi connectivity index (χ0v) is 34.8. The quantitative estimate of drug-likeness (QED) is 0.0264. The molecule has 0 bridgehead atoms. The zero-order valence-electron chi connectivity index (χ0n) is 33.9. The molecule has 0 rings (SSSR count). The molecule has 0 saturated carbocycles. The highest BCUT2D eigenvalue weighted by Crippen LogP contribution is 2.38. The van der Waals surface area contributed by atoms with E-state index in [0.717, 1.165) is 51.4 Å². The molecule has 0 aromatic heterocycles. The average Bonchev–Trinajstić information content (AvgIpc) is 3.07. The summed E-state index contributed by atoms with van der Waals surface area (Å²) in [7, 11) is 1.01. The van der Waals surface area contributed by atoms with E-state index in [-0.39, 0.29) is 38.9 Å². The number of carbonyl (C=O) groups is 2. The van der Waals surface area contributed by atoms with Crippen molar-refractivity contribution in [3.8, 4) is 0 Å². The minimum absolute atomic E-state index is 0.0343. The number of unbranched alkanes of at least 4 members (excludes halogenated alkanes) is 20. The van der Waals surface area contributed by atoms with Gasteiger partial charge in [-0.1, -0.05) is 136 Å². The first-order valence-electron chi connectivity index (χ1n) is 20.8. The van der Waals surface area contributed by atoms with Gasteiger partial charge in [0.05, 0.1) is 27.7 Å². The topological polar surface area (TPSA) is 111 Å². The molecule has 0 saturated heterocycles. The maximum absolute atomic E-state index is 14.2. The Bertz CT molecular complexity index is 919. The molecule has 0 heterocycles. The number of hydrogen-bond acceptors (Lipinski definition) is 8. The van der Waals surface area contributed by atoms with Crippen LogP contribution in [-0.2, 0) is 32.7 Å². The third kappa shape index (κ3) is 35.9. The third-order valence-electron chi connectivity index (χ3n) is 9.21. The van der Waals surface area contributed by atoms with Crippen LogP contribution in [0.15, 0.2) is 0 Å². The molecule has 0 radical (unpaired) electrons. The van der Waals surface area contributed by atoms with Crippen LogP contribution in [0, 0.1) is 0 Å². The predicted molar refractivity (Wildman–Crippen MR) is 204 cm³/mol. The molecule has 0 fully saturated rings. The van der Waals surface area contributed by atoms with E-state index in [2.05, 4.69) is 13.8 Å². The molecule has 0 aliphatic rings. The number of hydrogen-bond donors (Lipinski definition) is 0. The summed E-state index contributed by atoms with van der Waals surface area (Å²) in [5, 5.41) is 0. The van der Waals surface area contributed by atoms with Gasteiger partial charge in [-0.3, -0.25) is 14.2 Å². The molecule has 0 spiro atoms. The van der Waals surface area contributed by atoms with E-state index in [1.165, 1.54) is 57.8 Å². The standard InChI is InChI=1S/C40H78F2NO8P/c1-6-8-10-12-14-15-16-17-18-19-20-21-25-29-38(44)48-35-37(36-50-52(46,47)49-34-33-43(3,4)5)51-39(45)30-26-22-24-28-32-40(41,42)31-27-23-13-11-9-7-2/h37H,6-36H2,1-5H3/t37-/m1/s1. The number of phosphoric ester groups is 1.